The van der Waals surface area contributed by atoms with Crippen LogP contribution in [0.3, 0.4) is 0 Å². The van der Waals surface area contributed by atoms with Crippen LogP contribution >= 0.6 is 0 Å². The maximum absolute atomic E-state index is 12.4. The summed E-state index contributed by atoms with van der Waals surface area (Å²) in [5.74, 6) is 0.264. The predicted octanol–water partition coefficient (Wildman–Crippen LogP) is 1.84. The van der Waals surface area contributed by atoms with Gasteiger partial charge >= 0.3 is 5.97 Å². The van der Waals surface area contributed by atoms with Gasteiger partial charge in [-0.2, -0.15) is 12.8 Å². The molecule has 1 aromatic heterocycles. The van der Waals surface area contributed by atoms with Gasteiger partial charge in [0.05, 0.1) is 24.6 Å². The number of carbonyl (C=O) groups is 1. The highest BCUT2D eigenvalue weighted by Gasteiger charge is 2.18. The fourth-order valence-electron chi connectivity index (χ4n) is 1.86. The number of esters is 1. The van der Waals surface area contributed by atoms with Gasteiger partial charge in [-0.25, -0.2) is 0 Å². The molecule has 0 aliphatic carbocycles. The summed E-state index contributed by atoms with van der Waals surface area (Å²) in [6.07, 6.45) is 0.969. The van der Waals surface area contributed by atoms with E-state index in [0.717, 1.165) is 6.21 Å². The highest BCUT2D eigenvalue weighted by molar-refractivity contribution is 7.90. The summed E-state index contributed by atoms with van der Waals surface area (Å²) in [6, 6.07) is 9.39. The van der Waals surface area contributed by atoms with Gasteiger partial charge in [0.1, 0.15) is 5.76 Å². The number of carbonyl (C=O) groups excluding carboxylic acids is 1. The zero-order valence-electron chi connectivity index (χ0n) is 12.6. The zero-order valence-corrected chi connectivity index (χ0v) is 13.5. The van der Waals surface area contributed by atoms with E-state index in [-0.39, 0.29) is 11.3 Å². The van der Waals surface area contributed by atoms with E-state index in [1.54, 1.807) is 37.4 Å². The number of methoxy groups -OCH3 is 1. The van der Waals surface area contributed by atoms with Gasteiger partial charge in [-0.3, -0.25) is 4.79 Å². The van der Waals surface area contributed by atoms with Crippen LogP contribution in [0.15, 0.2) is 50.1 Å². The highest BCUT2D eigenvalue weighted by Crippen LogP contribution is 2.19. The number of ether oxygens (including phenoxy) is 1. The van der Waals surface area contributed by atoms with Crippen LogP contribution in [0, 0.1) is 0 Å². The minimum absolute atomic E-state index is 0.0398. The number of benzene rings is 1. The summed E-state index contributed by atoms with van der Waals surface area (Å²) in [5.41, 5.74) is 0.326. The average molecular weight is 336 g/mol. The third-order valence-electron chi connectivity index (χ3n) is 3.00. The molecule has 1 aromatic carbocycles. The van der Waals surface area contributed by atoms with Crippen LogP contribution in [0.1, 0.15) is 11.3 Å². The van der Waals surface area contributed by atoms with E-state index in [9.17, 15) is 13.2 Å². The van der Waals surface area contributed by atoms with Gasteiger partial charge in [0.25, 0.3) is 10.0 Å². The van der Waals surface area contributed by atoms with E-state index in [0.29, 0.717) is 17.2 Å². The predicted molar refractivity (Wildman–Crippen MR) is 85.2 cm³/mol. The number of hydrogen-bond donors (Lipinski definition) is 1. The van der Waals surface area contributed by atoms with Gasteiger partial charge in [0, 0.05) is 13.1 Å². The Morgan fingerprint density at radius 2 is 2.04 bits per heavy atom. The van der Waals surface area contributed by atoms with E-state index in [4.69, 9.17) is 4.42 Å². The van der Waals surface area contributed by atoms with Crippen LogP contribution in [0.2, 0.25) is 0 Å². The molecule has 0 atom stereocenters. The SMILES string of the molecule is CNc1ccc(C=NS(=O)(=O)c2ccccc2CC(=O)OC)o1. The summed E-state index contributed by atoms with van der Waals surface area (Å²) in [5, 5.41) is 2.78. The zero-order chi connectivity index (χ0) is 16.9. The number of hydrogen-bond acceptors (Lipinski definition) is 6. The first kappa shape index (κ1) is 16.8. The summed E-state index contributed by atoms with van der Waals surface area (Å²) in [4.78, 5) is 11.4. The Hall–Kier alpha value is -2.61. The molecule has 1 heterocycles. The molecular weight excluding hydrogens is 320 g/mol. The van der Waals surface area contributed by atoms with Crippen molar-refractivity contribution in [2.45, 2.75) is 11.3 Å². The molecule has 0 bridgehead atoms. The van der Waals surface area contributed by atoms with Gasteiger partial charge in [0.15, 0.2) is 5.88 Å². The second kappa shape index (κ2) is 7.10. The lowest BCUT2D eigenvalue weighted by Gasteiger charge is -2.06. The van der Waals surface area contributed by atoms with Crippen molar-refractivity contribution in [1.29, 1.82) is 0 Å². The van der Waals surface area contributed by atoms with Crippen LogP contribution in [0.25, 0.3) is 0 Å². The first-order valence-corrected chi connectivity index (χ1v) is 8.13. The molecule has 0 unspecified atom stereocenters. The van der Waals surface area contributed by atoms with Crippen LogP contribution in [0.4, 0.5) is 5.88 Å². The standard InChI is InChI=1S/C15H16N2O5S/c1-16-14-8-7-12(22-14)10-17-23(19,20)13-6-4-3-5-11(13)9-15(18)21-2/h3-8,10,16H,9H2,1-2H3. The van der Waals surface area contributed by atoms with E-state index < -0.39 is 16.0 Å². The van der Waals surface area contributed by atoms with E-state index in [2.05, 4.69) is 14.5 Å². The summed E-state index contributed by atoms with van der Waals surface area (Å²) in [7, 11) is -1.04. The Morgan fingerprint density at radius 1 is 1.30 bits per heavy atom. The number of rotatable bonds is 6. The normalized spacial score (nSPS) is 11.6. The Kier molecular flexibility index (Phi) is 5.17. The molecule has 2 aromatic rings. The monoisotopic (exact) mass is 336 g/mol. The van der Waals surface area contributed by atoms with Crippen molar-refractivity contribution in [1.82, 2.24) is 0 Å². The molecule has 0 saturated carbocycles. The topological polar surface area (TPSA) is 98.0 Å². The lowest BCUT2D eigenvalue weighted by atomic mass is 10.1. The average Bonchev–Trinajstić information content (AvgIpc) is 3.01. The first-order chi connectivity index (χ1) is 11.0. The summed E-state index contributed by atoms with van der Waals surface area (Å²) >= 11 is 0. The molecule has 1 N–H and O–H groups in total. The number of nitrogens with one attached hydrogen (secondary N) is 1. The minimum atomic E-state index is -3.96. The van der Waals surface area contributed by atoms with Crippen molar-refractivity contribution in [3.63, 3.8) is 0 Å². The van der Waals surface area contributed by atoms with Crippen molar-refractivity contribution < 1.29 is 22.4 Å². The molecule has 0 saturated heterocycles. The molecule has 0 aliphatic rings. The van der Waals surface area contributed by atoms with Crippen LogP contribution < -0.4 is 5.32 Å². The molecule has 0 radical (unpaired) electrons. The second-order valence-corrected chi connectivity index (χ2v) is 6.12. The van der Waals surface area contributed by atoms with Gasteiger partial charge in [-0.05, 0) is 17.7 Å². The fraction of sp³-hybridized carbons (Fsp3) is 0.200. The quantitative estimate of drug-likeness (QED) is 0.638. The van der Waals surface area contributed by atoms with Crippen molar-refractivity contribution in [2.24, 2.45) is 4.40 Å². The third-order valence-corrected chi connectivity index (χ3v) is 4.34. The molecule has 0 aliphatic heterocycles. The summed E-state index contributed by atoms with van der Waals surface area (Å²) < 4.78 is 38.2. The van der Waals surface area contributed by atoms with Gasteiger partial charge < -0.3 is 14.5 Å². The Labute approximate surface area is 134 Å². The minimum Gasteiger partial charge on any atom is -0.469 e. The first-order valence-electron chi connectivity index (χ1n) is 6.69. The Morgan fingerprint density at radius 3 is 2.70 bits per heavy atom. The van der Waals surface area contributed by atoms with Gasteiger partial charge in [0.2, 0.25) is 0 Å². The second-order valence-electron chi connectivity index (χ2n) is 4.52. The van der Waals surface area contributed by atoms with Crippen molar-refractivity contribution in [3.8, 4) is 0 Å². The number of furan rings is 1. The largest absolute Gasteiger partial charge is 0.469 e. The van der Waals surface area contributed by atoms with Crippen molar-refractivity contribution in [3.05, 3.63) is 47.7 Å². The molecule has 0 fully saturated rings. The molecule has 7 nitrogen and oxygen atoms in total. The van der Waals surface area contributed by atoms with E-state index in [1.807, 2.05) is 0 Å². The molecule has 8 heteroatoms. The highest BCUT2D eigenvalue weighted by atomic mass is 32.2. The number of sulfonamides is 1. The maximum atomic E-state index is 12.4. The molecule has 2 rings (SSSR count). The molecule has 122 valence electrons. The van der Waals surface area contributed by atoms with E-state index >= 15 is 0 Å². The lowest BCUT2D eigenvalue weighted by Crippen LogP contribution is -2.09. The molecule has 0 amide bonds. The van der Waals surface area contributed by atoms with Gasteiger partial charge in [-0.15, -0.1) is 0 Å². The number of anilines is 1. The molecule has 23 heavy (non-hydrogen) atoms. The van der Waals surface area contributed by atoms with Crippen molar-refractivity contribution in [2.75, 3.05) is 19.5 Å². The Bertz CT molecular complexity index is 824. The molecular formula is C15H16N2O5S. The third kappa shape index (κ3) is 4.19. The Balaban J connectivity index is 2.30. The maximum Gasteiger partial charge on any atom is 0.310 e. The number of nitrogens with zero attached hydrogens (tertiary/aromatic N) is 1. The van der Waals surface area contributed by atoms with Gasteiger partial charge in [-0.1, -0.05) is 18.2 Å². The van der Waals surface area contributed by atoms with E-state index in [1.165, 1.54) is 13.2 Å². The molecule has 0 spiro atoms. The lowest BCUT2D eigenvalue weighted by molar-refractivity contribution is -0.139. The van der Waals surface area contributed by atoms with Crippen LogP contribution in [0.5, 0.6) is 0 Å². The fourth-order valence-corrected chi connectivity index (χ4v) is 2.94. The van der Waals surface area contributed by atoms with Crippen LogP contribution in [-0.2, 0) is 26.0 Å². The van der Waals surface area contributed by atoms with Crippen LogP contribution in [-0.4, -0.2) is 34.8 Å². The summed E-state index contributed by atoms with van der Waals surface area (Å²) in [6.45, 7) is 0. The smallest absolute Gasteiger partial charge is 0.310 e. The van der Waals surface area contributed by atoms with Crippen molar-refractivity contribution >= 4 is 28.1 Å².